The number of rotatable bonds is 7. The van der Waals surface area contributed by atoms with Gasteiger partial charge in [0.25, 0.3) is 11.5 Å². The van der Waals surface area contributed by atoms with Crippen molar-refractivity contribution in [3.8, 4) is 5.75 Å². The summed E-state index contributed by atoms with van der Waals surface area (Å²) in [5, 5.41) is 2.51. The van der Waals surface area contributed by atoms with Gasteiger partial charge in [-0.3, -0.25) is 19.7 Å². The van der Waals surface area contributed by atoms with Crippen LogP contribution in [0.25, 0.3) is 0 Å². The maximum atomic E-state index is 14.5. The minimum absolute atomic E-state index is 0.00690. The van der Waals surface area contributed by atoms with Gasteiger partial charge in [0.2, 0.25) is 5.91 Å². The quantitative estimate of drug-likeness (QED) is 0.434. The zero-order valence-electron chi connectivity index (χ0n) is 24.2. The monoisotopic (exact) mass is 568 g/mol. The van der Waals surface area contributed by atoms with Gasteiger partial charge < -0.3 is 14.2 Å². The summed E-state index contributed by atoms with van der Waals surface area (Å²) >= 11 is 0. The van der Waals surface area contributed by atoms with Crippen LogP contribution in [-0.4, -0.2) is 54.1 Å². The van der Waals surface area contributed by atoms with E-state index in [9.17, 15) is 19.2 Å². The minimum Gasteiger partial charge on any atom is -0.497 e. The molecule has 3 aromatic rings. The molecule has 2 aromatic carbocycles. The van der Waals surface area contributed by atoms with E-state index < -0.39 is 23.3 Å². The zero-order chi connectivity index (χ0) is 29.6. The predicted molar refractivity (Wildman–Crippen MR) is 159 cm³/mol. The number of barbiturate groups is 1. The lowest BCUT2D eigenvalue weighted by atomic mass is 9.75. The highest BCUT2D eigenvalue weighted by Gasteiger charge is 2.55. The second kappa shape index (κ2) is 10.9. The maximum absolute atomic E-state index is 14.5. The van der Waals surface area contributed by atoms with Crippen LogP contribution in [0.3, 0.4) is 0 Å². The molecule has 42 heavy (non-hydrogen) atoms. The first kappa shape index (κ1) is 27.9. The summed E-state index contributed by atoms with van der Waals surface area (Å²) in [5.74, 6) is 0.160. The van der Waals surface area contributed by atoms with Crippen molar-refractivity contribution in [1.82, 2.24) is 14.8 Å². The van der Waals surface area contributed by atoms with E-state index >= 15 is 0 Å². The standard InChI is InChI=1S/C33H36N4O5/c1-21(2)24-9-7-22(8-10-24)16-33(20-35-17-23-15-25(19-35)28-5-4-6-29(38)36(28)18-23)30(39)34-32(41)37(31(33)40)26-11-13-27(42-3)14-12-26/h4-14,21,23,25H,15-20H2,1-3H3,(H,34,39,41). The number of amides is 4. The summed E-state index contributed by atoms with van der Waals surface area (Å²) in [6.45, 7) is 6.28. The van der Waals surface area contributed by atoms with Gasteiger partial charge in [-0.1, -0.05) is 44.2 Å². The summed E-state index contributed by atoms with van der Waals surface area (Å²) in [6, 6.07) is 19.3. The zero-order valence-corrected chi connectivity index (χ0v) is 24.2. The van der Waals surface area contributed by atoms with Gasteiger partial charge in [-0.15, -0.1) is 0 Å². The Morgan fingerprint density at radius 2 is 1.67 bits per heavy atom. The predicted octanol–water partition coefficient (Wildman–Crippen LogP) is 3.91. The number of imide groups is 2. The molecule has 3 atom stereocenters. The smallest absolute Gasteiger partial charge is 0.335 e. The van der Waals surface area contributed by atoms with Gasteiger partial charge in [0, 0.05) is 43.9 Å². The number of ether oxygens (including phenoxy) is 1. The first-order valence-electron chi connectivity index (χ1n) is 14.5. The number of anilines is 1. The number of nitrogens with zero attached hydrogens (tertiary/aromatic N) is 3. The van der Waals surface area contributed by atoms with Crippen molar-refractivity contribution in [1.29, 1.82) is 0 Å². The number of pyridine rings is 1. The lowest BCUT2D eigenvalue weighted by molar-refractivity contribution is -0.144. The fraction of sp³-hybridized carbons (Fsp3) is 0.394. The van der Waals surface area contributed by atoms with Gasteiger partial charge >= 0.3 is 6.03 Å². The maximum Gasteiger partial charge on any atom is 0.335 e. The van der Waals surface area contributed by atoms with Crippen LogP contribution in [0.15, 0.2) is 71.5 Å². The molecular formula is C33H36N4O5. The van der Waals surface area contributed by atoms with Crippen LogP contribution < -0.4 is 20.5 Å². The lowest BCUT2D eigenvalue weighted by Crippen LogP contribution is -2.68. The number of hydrogen-bond donors (Lipinski definition) is 1. The Morgan fingerprint density at radius 3 is 2.36 bits per heavy atom. The topological polar surface area (TPSA) is 101 Å². The molecule has 3 aliphatic heterocycles. The number of aromatic nitrogens is 1. The molecule has 9 heteroatoms. The van der Waals surface area contributed by atoms with Crippen LogP contribution in [0.5, 0.6) is 5.75 Å². The Morgan fingerprint density at radius 1 is 0.929 bits per heavy atom. The van der Waals surface area contributed by atoms with Crippen molar-refractivity contribution in [3.05, 3.63) is 93.9 Å². The Hall–Kier alpha value is -4.24. The average molecular weight is 569 g/mol. The highest BCUT2D eigenvalue weighted by atomic mass is 16.5. The Balaban J connectivity index is 1.37. The van der Waals surface area contributed by atoms with E-state index in [1.165, 1.54) is 5.56 Å². The van der Waals surface area contributed by atoms with Crippen LogP contribution in [0.4, 0.5) is 10.5 Å². The molecule has 6 rings (SSSR count). The second-order valence-electron chi connectivity index (χ2n) is 12.1. The molecule has 2 fully saturated rings. The fourth-order valence-electron chi connectivity index (χ4n) is 6.87. The van der Waals surface area contributed by atoms with Gasteiger partial charge in [0.15, 0.2) is 0 Å². The molecule has 0 radical (unpaired) electrons. The van der Waals surface area contributed by atoms with Gasteiger partial charge in [0.1, 0.15) is 11.2 Å². The van der Waals surface area contributed by atoms with Crippen molar-refractivity contribution in [2.75, 3.05) is 31.6 Å². The number of methoxy groups -OCH3 is 1. The molecule has 1 aromatic heterocycles. The third kappa shape index (κ3) is 4.91. The molecule has 218 valence electrons. The molecule has 9 nitrogen and oxygen atoms in total. The van der Waals surface area contributed by atoms with E-state index in [1.54, 1.807) is 43.5 Å². The Kier molecular flexibility index (Phi) is 7.22. The number of carbonyl (C=O) groups is 3. The lowest BCUT2D eigenvalue weighted by Gasteiger charge is -2.47. The number of benzene rings is 2. The summed E-state index contributed by atoms with van der Waals surface area (Å²) in [4.78, 5) is 57.4. The van der Waals surface area contributed by atoms with E-state index in [1.807, 2.05) is 34.9 Å². The second-order valence-corrected chi connectivity index (χ2v) is 12.1. The molecule has 4 heterocycles. The largest absolute Gasteiger partial charge is 0.497 e. The van der Waals surface area contributed by atoms with Crippen LogP contribution in [0, 0.1) is 11.3 Å². The number of fused-ring (bicyclic) bond motifs is 4. The normalized spacial score (nSPS) is 24.0. The number of likely N-dealkylation sites (tertiary alicyclic amines) is 1. The SMILES string of the molecule is COc1ccc(N2C(=O)NC(=O)C(Cc3ccc(C(C)C)cc3)(CN3CC4CC(C3)c3cccc(=O)n3C4)C2=O)cc1. The molecule has 2 saturated heterocycles. The van der Waals surface area contributed by atoms with Gasteiger partial charge in [-0.2, -0.15) is 0 Å². The summed E-state index contributed by atoms with van der Waals surface area (Å²) in [5.41, 5.74) is 1.86. The summed E-state index contributed by atoms with van der Waals surface area (Å²) in [6.07, 6.45) is 1.11. The van der Waals surface area contributed by atoms with Crippen LogP contribution in [0.2, 0.25) is 0 Å². The van der Waals surface area contributed by atoms with E-state index in [0.29, 0.717) is 37.0 Å². The van der Waals surface area contributed by atoms with Crippen LogP contribution in [0.1, 0.15) is 48.9 Å². The summed E-state index contributed by atoms with van der Waals surface area (Å²) in [7, 11) is 1.55. The molecular weight excluding hydrogens is 532 g/mol. The third-order valence-electron chi connectivity index (χ3n) is 9.00. The molecule has 1 N–H and O–H groups in total. The fourth-order valence-corrected chi connectivity index (χ4v) is 6.87. The molecule has 3 unspecified atom stereocenters. The van der Waals surface area contributed by atoms with Crippen LogP contribution in [-0.2, 0) is 22.6 Å². The first-order valence-corrected chi connectivity index (χ1v) is 14.5. The number of nitrogens with one attached hydrogen (secondary N) is 1. The first-order chi connectivity index (χ1) is 20.2. The van der Waals surface area contributed by atoms with E-state index in [0.717, 1.165) is 22.6 Å². The van der Waals surface area contributed by atoms with E-state index in [-0.39, 0.29) is 30.4 Å². The minimum atomic E-state index is -1.53. The molecule has 4 amide bonds. The number of urea groups is 1. The average Bonchev–Trinajstić information content (AvgIpc) is 2.97. The Bertz CT molecular complexity index is 1580. The van der Waals surface area contributed by atoms with Crippen molar-refractivity contribution in [3.63, 3.8) is 0 Å². The molecule has 0 spiro atoms. The Labute approximate surface area is 245 Å². The van der Waals surface area contributed by atoms with Crippen LogP contribution >= 0.6 is 0 Å². The molecule has 3 aliphatic rings. The number of piperidine rings is 1. The van der Waals surface area contributed by atoms with Gasteiger partial charge in [-0.25, -0.2) is 9.69 Å². The number of carbonyl (C=O) groups excluding carboxylic acids is 3. The van der Waals surface area contributed by atoms with Gasteiger partial charge in [0.05, 0.1) is 12.8 Å². The van der Waals surface area contributed by atoms with E-state index in [2.05, 4.69) is 24.1 Å². The van der Waals surface area contributed by atoms with Crippen molar-refractivity contribution < 1.29 is 19.1 Å². The molecule has 0 aliphatic carbocycles. The van der Waals surface area contributed by atoms with Gasteiger partial charge in [-0.05, 0) is 66.1 Å². The van der Waals surface area contributed by atoms with Crippen molar-refractivity contribution in [2.45, 2.75) is 45.1 Å². The van der Waals surface area contributed by atoms with Crippen molar-refractivity contribution >= 4 is 23.5 Å². The summed E-state index contributed by atoms with van der Waals surface area (Å²) < 4.78 is 7.12. The van der Waals surface area contributed by atoms with Crippen molar-refractivity contribution in [2.24, 2.45) is 11.3 Å². The third-order valence-corrected chi connectivity index (χ3v) is 9.00. The highest BCUT2D eigenvalue weighted by molar-refractivity contribution is 6.30. The van der Waals surface area contributed by atoms with E-state index in [4.69, 9.17) is 4.74 Å². The highest BCUT2D eigenvalue weighted by Crippen LogP contribution is 2.39. The molecule has 2 bridgehead atoms. The number of hydrogen-bond acceptors (Lipinski definition) is 6. The molecule has 0 saturated carbocycles.